The molecular formula is C21H28N4O3. The Kier molecular flexibility index (Phi) is 5.26. The molecule has 1 atom stereocenters. The smallest absolute Gasteiger partial charge is 0.274 e. The minimum atomic E-state index is 0.0398. The number of carbonyl (C=O) groups is 1. The normalized spacial score (nSPS) is 20.0. The Hall–Kier alpha value is -2.54. The molecule has 1 saturated heterocycles. The zero-order valence-corrected chi connectivity index (χ0v) is 16.8. The summed E-state index contributed by atoms with van der Waals surface area (Å²) in [6, 6.07) is 6.08. The lowest BCUT2D eigenvalue weighted by atomic mass is 9.95. The van der Waals surface area contributed by atoms with E-state index in [1.807, 2.05) is 23.1 Å². The molecule has 0 spiro atoms. The van der Waals surface area contributed by atoms with E-state index in [1.165, 1.54) is 6.42 Å². The molecule has 1 aliphatic heterocycles. The Bertz CT molecular complexity index is 863. The van der Waals surface area contributed by atoms with E-state index in [-0.39, 0.29) is 11.9 Å². The number of likely N-dealkylation sites (N-methyl/N-ethyl adjacent to an activating group) is 1. The standard InChI is InChI=1S/C21H28N4O3/c1-24-10-11-25(21(26)20-15-6-4-5-7-16(15)22-23-20)13-17(24)14-8-9-18(27-2)19(12-14)28-3/h8-9,12,17H,4-7,10-11,13H2,1-3H3,(H,22,23). The van der Waals surface area contributed by atoms with Crippen molar-refractivity contribution >= 4 is 5.91 Å². The van der Waals surface area contributed by atoms with Gasteiger partial charge < -0.3 is 14.4 Å². The molecule has 2 aliphatic rings. The largest absolute Gasteiger partial charge is 0.493 e. The Morgan fingerprint density at radius 3 is 2.71 bits per heavy atom. The third-order valence-corrected chi connectivity index (χ3v) is 5.99. The third-order valence-electron chi connectivity index (χ3n) is 5.99. The second-order valence-corrected chi connectivity index (χ2v) is 7.60. The van der Waals surface area contributed by atoms with Crippen molar-refractivity contribution in [1.29, 1.82) is 0 Å². The van der Waals surface area contributed by atoms with E-state index in [2.05, 4.69) is 22.1 Å². The number of amides is 1. The van der Waals surface area contributed by atoms with Crippen molar-refractivity contribution in [3.8, 4) is 11.5 Å². The summed E-state index contributed by atoms with van der Waals surface area (Å²) in [5.41, 5.74) is 3.99. The average molecular weight is 384 g/mol. The molecule has 28 heavy (non-hydrogen) atoms. The number of methoxy groups -OCH3 is 2. The molecule has 1 aliphatic carbocycles. The first-order valence-electron chi connectivity index (χ1n) is 9.90. The van der Waals surface area contributed by atoms with Gasteiger partial charge in [0.1, 0.15) is 0 Å². The SMILES string of the molecule is COc1ccc(C2CN(C(=O)c3n[nH]c4c3CCCC4)CCN2C)cc1OC. The molecule has 4 rings (SSSR count). The summed E-state index contributed by atoms with van der Waals surface area (Å²) >= 11 is 0. The van der Waals surface area contributed by atoms with Crippen molar-refractivity contribution in [3.63, 3.8) is 0 Å². The molecule has 1 fully saturated rings. The Balaban J connectivity index is 1.57. The van der Waals surface area contributed by atoms with Crippen molar-refractivity contribution in [2.24, 2.45) is 0 Å². The minimum absolute atomic E-state index is 0.0398. The van der Waals surface area contributed by atoms with Crippen LogP contribution in [0.2, 0.25) is 0 Å². The third kappa shape index (κ3) is 3.35. The van der Waals surface area contributed by atoms with Crippen LogP contribution < -0.4 is 9.47 Å². The molecule has 0 radical (unpaired) electrons. The topological polar surface area (TPSA) is 70.7 Å². The molecule has 1 aromatic heterocycles. The molecular weight excluding hydrogens is 356 g/mol. The highest BCUT2D eigenvalue weighted by atomic mass is 16.5. The number of H-pyrrole nitrogens is 1. The first-order valence-corrected chi connectivity index (χ1v) is 9.90. The molecule has 0 bridgehead atoms. The summed E-state index contributed by atoms with van der Waals surface area (Å²) in [4.78, 5) is 17.4. The molecule has 1 aromatic carbocycles. The predicted molar refractivity (Wildman–Crippen MR) is 106 cm³/mol. The second-order valence-electron chi connectivity index (χ2n) is 7.60. The van der Waals surface area contributed by atoms with Gasteiger partial charge in [0.25, 0.3) is 5.91 Å². The number of piperazine rings is 1. The lowest BCUT2D eigenvalue weighted by Gasteiger charge is -2.39. The second kappa shape index (κ2) is 7.83. The van der Waals surface area contributed by atoms with E-state index >= 15 is 0 Å². The van der Waals surface area contributed by atoms with Crippen molar-refractivity contribution < 1.29 is 14.3 Å². The van der Waals surface area contributed by atoms with Gasteiger partial charge in [-0.25, -0.2) is 0 Å². The fraction of sp³-hybridized carbons (Fsp3) is 0.524. The van der Waals surface area contributed by atoms with Crippen molar-refractivity contribution in [3.05, 3.63) is 40.7 Å². The number of carbonyl (C=O) groups excluding carboxylic acids is 1. The minimum Gasteiger partial charge on any atom is -0.493 e. The first-order chi connectivity index (χ1) is 13.6. The monoisotopic (exact) mass is 384 g/mol. The maximum atomic E-state index is 13.2. The van der Waals surface area contributed by atoms with E-state index in [1.54, 1.807) is 14.2 Å². The number of benzene rings is 1. The number of fused-ring (bicyclic) bond motifs is 1. The lowest BCUT2D eigenvalue weighted by Crippen LogP contribution is -2.49. The number of aromatic amines is 1. The highest BCUT2D eigenvalue weighted by Crippen LogP contribution is 2.33. The molecule has 1 amide bonds. The van der Waals surface area contributed by atoms with Crippen LogP contribution in [0, 0.1) is 0 Å². The molecule has 150 valence electrons. The van der Waals surface area contributed by atoms with Gasteiger partial charge in [-0.05, 0) is 50.4 Å². The molecule has 7 heteroatoms. The van der Waals surface area contributed by atoms with Crippen LogP contribution in [-0.2, 0) is 12.8 Å². The zero-order valence-electron chi connectivity index (χ0n) is 16.8. The summed E-state index contributed by atoms with van der Waals surface area (Å²) in [5.74, 6) is 1.46. The van der Waals surface area contributed by atoms with Gasteiger partial charge >= 0.3 is 0 Å². The van der Waals surface area contributed by atoms with Gasteiger partial charge in [0.2, 0.25) is 0 Å². The summed E-state index contributed by atoms with van der Waals surface area (Å²) in [6.07, 6.45) is 4.23. The maximum absolute atomic E-state index is 13.2. The van der Waals surface area contributed by atoms with Crippen LogP contribution in [0.15, 0.2) is 18.2 Å². The van der Waals surface area contributed by atoms with Gasteiger partial charge in [0, 0.05) is 30.9 Å². The van der Waals surface area contributed by atoms with E-state index in [9.17, 15) is 4.79 Å². The van der Waals surface area contributed by atoms with Crippen LogP contribution in [0.1, 0.15) is 46.2 Å². The Morgan fingerprint density at radius 2 is 1.93 bits per heavy atom. The molecule has 2 aromatic rings. The van der Waals surface area contributed by atoms with Gasteiger partial charge in [-0.1, -0.05) is 6.07 Å². The van der Waals surface area contributed by atoms with Crippen molar-refractivity contribution in [1.82, 2.24) is 20.0 Å². The number of nitrogens with zero attached hydrogens (tertiary/aromatic N) is 3. The molecule has 1 N–H and O–H groups in total. The Labute approximate surface area is 165 Å². The lowest BCUT2D eigenvalue weighted by molar-refractivity contribution is 0.0539. The van der Waals surface area contributed by atoms with Gasteiger partial charge in [-0.2, -0.15) is 5.10 Å². The maximum Gasteiger partial charge on any atom is 0.274 e. The van der Waals surface area contributed by atoms with Gasteiger partial charge in [0.15, 0.2) is 17.2 Å². The number of ether oxygens (including phenoxy) is 2. The van der Waals surface area contributed by atoms with Crippen LogP contribution in [0.25, 0.3) is 0 Å². The van der Waals surface area contributed by atoms with Crippen molar-refractivity contribution in [2.75, 3.05) is 40.9 Å². The van der Waals surface area contributed by atoms with Crippen LogP contribution in [0.5, 0.6) is 11.5 Å². The summed E-state index contributed by atoms with van der Waals surface area (Å²) < 4.78 is 10.8. The highest BCUT2D eigenvalue weighted by molar-refractivity contribution is 5.94. The molecule has 1 unspecified atom stereocenters. The van der Waals surface area contributed by atoms with E-state index in [4.69, 9.17) is 9.47 Å². The van der Waals surface area contributed by atoms with Gasteiger partial charge in [-0.15, -0.1) is 0 Å². The Morgan fingerprint density at radius 1 is 1.14 bits per heavy atom. The predicted octanol–water partition coefficient (Wildman–Crippen LogP) is 2.43. The molecule has 7 nitrogen and oxygen atoms in total. The first kappa shape index (κ1) is 18.8. The number of hydrogen-bond acceptors (Lipinski definition) is 5. The van der Waals surface area contributed by atoms with Crippen LogP contribution in [0.3, 0.4) is 0 Å². The van der Waals surface area contributed by atoms with Gasteiger partial charge in [-0.3, -0.25) is 14.8 Å². The van der Waals surface area contributed by atoms with Crippen molar-refractivity contribution in [2.45, 2.75) is 31.7 Å². The summed E-state index contributed by atoms with van der Waals surface area (Å²) in [7, 11) is 5.37. The fourth-order valence-corrected chi connectivity index (χ4v) is 4.29. The van der Waals surface area contributed by atoms with E-state index < -0.39 is 0 Å². The average Bonchev–Trinajstić information content (AvgIpc) is 3.17. The number of hydrogen-bond donors (Lipinski definition) is 1. The molecule has 0 saturated carbocycles. The number of nitrogens with one attached hydrogen (secondary N) is 1. The molecule has 2 heterocycles. The number of aryl methyl sites for hydroxylation is 1. The van der Waals surface area contributed by atoms with Gasteiger partial charge in [0.05, 0.1) is 20.3 Å². The van der Waals surface area contributed by atoms with Crippen LogP contribution >= 0.6 is 0 Å². The summed E-state index contributed by atoms with van der Waals surface area (Å²) in [6.45, 7) is 2.16. The highest BCUT2D eigenvalue weighted by Gasteiger charge is 2.32. The van der Waals surface area contributed by atoms with E-state index in [0.29, 0.717) is 30.3 Å². The number of rotatable bonds is 4. The zero-order chi connectivity index (χ0) is 19.7. The van der Waals surface area contributed by atoms with Crippen LogP contribution in [-0.4, -0.2) is 66.8 Å². The quantitative estimate of drug-likeness (QED) is 0.877. The fourth-order valence-electron chi connectivity index (χ4n) is 4.29. The number of aromatic nitrogens is 2. The summed E-state index contributed by atoms with van der Waals surface area (Å²) in [5, 5.41) is 7.46. The van der Waals surface area contributed by atoms with Crippen LogP contribution in [0.4, 0.5) is 0 Å². The van der Waals surface area contributed by atoms with E-state index in [0.717, 1.165) is 42.6 Å².